The minimum absolute atomic E-state index is 0.508. The lowest BCUT2D eigenvalue weighted by Gasteiger charge is -2.09. The third kappa shape index (κ3) is 2.39. The predicted octanol–water partition coefficient (Wildman–Crippen LogP) is 3.49. The van der Waals surface area contributed by atoms with Crippen molar-refractivity contribution in [2.24, 2.45) is 5.92 Å². The Morgan fingerprint density at radius 2 is 2.00 bits per heavy atom. The summed E-state index contributed by atoms with van der Waals surface area (Å²) in [5.41, 5.74) is 1.08. The SMILES string of the molecule is Clc1cccc(NCC2C=CC=C2)c1. The molecule has 0 bridgehead atoms. The fourth-order valence-electron chi connectivity index (χ4n) is 1.45. The summed E-state index contributed by atoms with van der Waals surface area (Å²) in [5, 5.41) is 4.11. The highest BCUT2D eigenvalue weighted by atomic mass is 35.5. The number of anilines is 1. The number of rotatable bonds is 3. The van der Waals surface area contributed by atoms with E-state index in [-0.39, 0.29) is 0 Å². The molecule has 1 aliphatic rings. The van der Waals surface area contributed by atoms with E-state index in [1.54, 1.807) is 0 Å². The third-order valence-electron chi connectivity index (χ3n) is 2.19. The van der Waals surface area contributed by atoms with Crippen LogP contribution >= 0.6 is 11.6 Å². The normalized spacial score (nSPS) is 14.9. The van der Waals surface area contributed by atoms with Crippen LogP contribution in [-0.4, -0.2) is 6.54 Å². The predicted molar refractivity (Wildman–Crippen MR) is 61.7 cm³/mol. The summed E-state index contributed by atoms with van der Waals surface area (Å²) in [5.74, 6) is 0.508. The zero-order valence-electron chi connectivity index (χ0n) is 7.78. The number of nitrogens with one attached hydrogen (secondary N) is 1. The molecule has 0 unspecified atom stereocenters. The second-order valence-electron chi connectivity index (χ2n) is 3.32. The Bertz CT molecular complexity index is 356. The average Bonchev–Trinajstić information content (AvgIpc) is 2.67. The van der Waals surface area contributed by atoms with Crippen molar-refractivity contribution in [3.63, 3.8) is 0 Å². The number of halogens is 1. The molecule has 2 heteroatoms. The standard InChI is InChI=1S/C12H12ClN/c13-11-6-3-7-12(8-11)14-9-10-4-1-2-5-10/h1-8,10,14H,9H2. The van der Waals surface area contributed by atoms with Crippen molar-refractivity contribution in [3.8, 4) is 0 Å². The molecule has 1 aliphatic carbocycles. The monoisotopic (exact) mass is 205 g/mol. The zero-order chi connectivity index (χ0) is 9.80. The Labute approximate surface area is 89.1 Å². The largest absolute Gasteiger partial charge is 0.384 e. The van der Waals surface area contributed by atoms with Crippen LogP contribution in [0.5, 0.6) is 0 Å². The van der Waals surface area contributed by atoms with Crippen molar-refractivity contribution >= 4 is 17.3 Å². The minimum Gasteiger partial charge on any atom is -0.384 e. The Morgan fingerprint density at radius 1 is 1.21 bits per heavy atom. The molecular formula is C12H12ClN. The van der Waals surface area contributed by atoms with E-state index >= 15 is 0 Å². The lowest BCUT2D eigenvalue weighted by atomic mass is 10.2. The van der Waals surface area contributed by atoms with E-state index in [9.17, 15) is 0 Å². The van der Waals surface area contributed by atoms with Crippen molar-refractivity contribution < 1.29 is 0 Å². The molecule has 0 spiro atoms. The maximum atomic E-state index is 5.87. The van der Waals surface area contributed by atoms with Gasteiger partial charge in [-0.1, -0.05) is 42.0 Å². The van der Waals surface area contributed by atoms with E-state index < -0.39 is 0 Å². The molecule has 0 atom stereocenters. The zero-order valence-corrected chi connectivity index (χ0v) is 8.54. The highest BCUT2D eigenvalue weighted by molar-refractivity contribution is 6.30. The summed E-state index contributed by atoms with van der Waals surface area (Å²) >= 11 is 5.87. The highest BCUT2D eigenvalue weighted by Gasteiger charge is 2.02. The Hall–Kier alpha value is -1.21. The fourth-order valence-corrected chi connectivity index (χ4v) is 1.64. The maximum absolute atomic E-state index is 5.87. The van der Waals surface area contributed by atoms with Gasteiger partial charge in [0.2, 0.25) is 0 Å². The molecule has 1 aromatic carbocycles. The van der Waals surface area contributed by atoms with E-state index in [4.69, 9.17) is 11.6 Å². The quantitative estimate of drug-likeness (QED) is 0.797. The number of allylic oxidation sites excluding steroid dienone is 2. The minimum atomic E-state index is 0.508. The Morgan fingerprint density at radius 3 is 2.71 bits per heavy atom. The second kappa shape index (κ2) is 4.34. The second-order valence-corrected chi connectivity index (χ2v) is 3.76. The first kappa shape index (κ1) is 9.35. The number of hydrogen-bond acceptors (Lipinski definition) is 1. The summed E-state index contributed by atoms with van der Waals surface area (Å²) in [6.45, 7) is 0.924. The van der Waals surface area contributed by atoms with Crippen LogP contribution in [0.3, 0.4) is 0 Å². The van der Waals surface area contributed by atoms with Gasteiger partial charge in [-0.3, -0.25) is 0 Å². The maximum Gasteiger partial charge on any atom is 0.0426 e. The van der Waals surface area contributed by atoms with Crippen LogP contribution in [0.1, 0.15) is 0 Å². The van der Waals surface area contributed by atoms with Gasteiger partial charge in [0.25, 0.3) is 0 Å². The summed E-state index contributed by atoms with van der Waals surface area (Å²) in [4.78, 5) is 0. The van der Waals surface area contributed by atoms with E-state index in [1.807, 2.05) is 24.3 Å². The summed E-state index contributed by atoms with van der Waals surface area (Å²) in [6, 6.07) is 7.78. The topological polar surface area (TPSA) is 12.0 Å². The Kier molecular flexibility index (Phi) is 2.90. The molecule has 0 amide bonds. The van der Waals surface area contributed by atoms with Crippen LogP contribution in [0.4, 0.5) is 5.69 Å². The first-order valence-corrected chi connectivity index (χ1v) is 5.07. The van der Waals surface area contributed by atoms with E-state index in [1.165, 1.54) is 0 Å². The molecule has 0 saturated heterocycles. The van der Waals surface area contributed by atoms with Gasteiger partial charge in [-0.2, -0.15) is 0 Å². The van der Waals surface area contributed by atoms with Gasteiger partial charge < -0.3 is 5.32 Å². The van der Waals surface area contributed by atoms with Crippen molar-refractivity contribution in [3.05, 3.63) is 53.6 Å². The van der Waals surface area contributed by atoms with Crippen LogP contribution in [0.15, 0.2) is 48.6 Å². The molecule has 0 fully saturated rings. The number of hydrogen-bond donors (Lipinski definition) is 1. The molecule has 0 saturated carbocycles. The van der Waals surface area contributed by atoms with E-state index in [0.29, 0.717) is 5.92 Å². The van der Waals surface area contributed by atoms with Crippen molar-refractivity contribution in [1.82, 2.24) is 0 Å². The van der Waals surface area contributed by atoms with Crippen LogP contribution in [-0.2, 0) is 0 Å². The third-order valence-corrected chi connectivity index (χ3v) is 2.43. The molecule has 0 heterocycles. The summed E-state index contributed by atoms with van der Waals surface area (Å²) < 4.78 is 0. The lowest BCUT2D eigenvalue weighted by molar-refractivity contribution is 0.871. The fraction of sp³-hybridized carbons (Fsp3) is 0.167. The average molecular weight is 206 g/mol. The van der Waals surface area contributed by atoms with Gasteiger partial charge in [-0.05, 0) is 18.2 Å². The van der Waals surface area contributed by atoms with Gasteiger partial charge in [-0.15, -0.1) is 0 Å². The van der Waals surface area contributed by atoms with E-state index in [2.05, 4.69) is 29.6 Å². The molecule has 0 radical (unpaired) electrons. The smallest absolute Gasteiger partial charge is 0.0426 e. The van der Waals surface area contributed by atoms with Gasteiger partial charge in [0.05, 0.1) is 0 Å². The molecule has 14 heavy (non-hydrogen) atoms. The van der Waals surface area contributed by atoms with Crippen LogP contribution in [0, 0.1) is 5.92 Å². The molecule has 0 aromatic heterocycles. The summed E-state index contributed by atoms with van der Waals surface area (Å²) in [6.07, 6.45) is 8.50. The summed E-state index contributed by atoms with van der Waals surface area (Å²) in [7, 11) is 0. The Balaban J connectivity index is 1.91. The van der Waals surface area contributed by atoms with Crippen molar-refractivity contribution in [2.45, 2.75) is 0 Å². The van der Waals surface area contributed by atoms with Gasteiger partial charge >= 0.3 is 0 Å². The molecule has 1 N–H and O–H groups in total. The van der Waals surface area contributed by atoms with Crippen molar-refractivity contribution in [2.75, 3.05) is 11.9 Å². The van der Waals surface area contributed by atoms with Gasteiger partial charge in [0.1, 0.15) is 0 Å². The van der Waals surface area contributed by atoms with Crippen LogP contribution < -0.4 is 5.32 Å². The van der Waals surface area contributed by atoms with Crippen LogP contribution in [0.25, 0.3) is 0 Å². The van der Waals surface area contributed by atoms with Gasteiger partial charge in [0.15, 0.2) is 0 Å². The highest BCUT2D eigenvalue weighted by Crippen LogP contribution is 2.16. The van der Waals surface area contributed by atoms with Crippen molar-refractivity contribution in [1.29, 1.82) is 0 Å². The molecule has 1 nitrogen and oxygen atoms in total. The van der Waals surface area contributed by atoms with E-state index in [0.717, 1.165) is 17.3 Å². The molecule has 72 valence electrons. The first-order valence-electron chi connectivity index (χ1n) is 4.69. The molecule has 2 rings (SSSR count). The first-order chi connectivity index (χ1) is 6.84. The molecular weight excluding hydrogens is 194 g/mol. The molecule has 0 aliphatic heterocycles. The van der Waals surface area contributed by atoms with Crippen LogP contribution in [0.2, 0.25) is 5.02 Å². The van der Waals surface area contributed by atoms with Gasteiger partial charge in [0, 0.05) is 23.2 Å². The molecule has 1 aromatic rings. The number of benzene rings is 1. The lowest BCUT2D eigenvalue weighted by Crippen LogP contribution is -2.08. The van der Waals surface area contributed by atoms with Gasteiger partial charge in [-0.25, -0.2) is 0 Å².